The van der Waals surface area contributed by atoms with Gasteiger partial charge in [-0.05, 0) is 35.9 Å². The van der Waals surface area contributed by atoms with Crippen LogP contribution in [-0.4, -0.2) is 33.8 Å². The van der Waals surface area contributed by atoms with Crippen LogP contribution < -0.4 is 4.74 Å². The fourth-order valence-corrected chi connectivity index (χ4v) is 3.67. The Morgan fingerprint density at radius 2 is 1.84 bits per heavy atom. The number of likely N-dealkylation sites (tertiary alicyclic amines) is 1. The lowest BCUT2D eigenvalue weighted by atomic mass is 9.94. The number of ether oxygens (including phenoxy) is 1. The van der Waals surface area contributed by atoms with E-state index >= 15 is 0 Å². The molecule has 1 aliphatic heterocycles. The molecule has 3 aromatic rings. The molecular weight excluding hydrogens is 399 g/mol. The lowest BCUT2D eigenvalue weighted by molar-refractivity contribution is -0.140. The summed E-state index contributed by atoms with van der Waals surface area (Å²) in [6.07, 6.45) is 3.14. The predicted octanol–water partition coefficient (Wildman–Crippen LogP) is 3.85. The second kappa shape index (κ2) is 8.39. The lowest BCUT2D eigenvalue weighted by Gasteiger charge is -2.25. The predicted molar refractivity (Wildman–Crippen MR) is 111 cm³/mol. The maximum atomic E-state index is 14.8. The van der Waals surface area contributed by atoms with Crippen LogP contribution in [0, 0.1) is 5.82 Å². The number of benzene rings is 2. The van der Waals surface area contributed by atoms with Gasteiger partial charge in [0.25, 0.3) is 11.7 Å². The zero-order chi connectivity index (χ0) is 22.0. The number of rotatable bonds is 5. The molecular formula is C24H19FN2O4. The van der Waals surface area contributed by atoms with Gasteiger partial charge in [-0.3, -0.25) is 14.6 Å². The van der Waals surface area contributed by atoms with Crippen molar-refractivity contribution in [1.29, 1.82) is 0 Å². The second-order valence-corrected chi connectivity index (χ2v) is 7.04. The molecule has 31 heavy (non-hydrogen) atoms. The van der Waals surface area contributed by atoms with Gasteiger partial charge < -0.3 is 14.7 Å². The van der Waals surface area contributed by atoms with Crippen LogP contribution >= 0.6 is 0 Å². The van der Waals surface area contributed by atoms with E-state index in [0.29, 0.717) is 11.3 Å². The van der Waals surface area contributed by atoms with Crippen molar-refractivity contribution in [2.75, 3.05) is 7.11 Å². The second-order valence-electron chi connectivity index (χ2n) is 7.04. The molecule has 1 N–H and O–H groups in total. The van der Waals surface area contributed by atoms with Crippen LogP contribution in [-0.2, 0) is 16.1 Å². The number of hydrogen-bond donors (Lipinski definition) is 1. The number of halogens is 1. The van der Waals surface area contributed by atoms with Gasteiger partial charge in [0, 0.05) is 30.1 Å². The van der Waals surface area contributed by atoms with Gasteiger partial charge in [0.1, 0.15) is 17.3 Å². The van der Waals surface area contributed by atoms with E-state index in [1.807, 2.05) is 0 Å². The van der Waals surface area contributed by atoms with Crippen molar-refractivity contribution >= 4 is 17.4 Å². The molecule has 6 nitrogen and oxygen atoms in total. The molecule has 0 aliphatic carbocycles. The quantitative estimate of drug-likeness (QED) is 0.387. The largest absolute Gasteiger partial charge is 0.507 e. The molecule has 2 heterocycles. The van der Waals surface area contributed by atoms with Gasteiger partial charge in [-0.15, -0.1) is 0 Å². The first-order chi connectivity index (χ1) is 15.0. The summed E-state index contributed by atoms with van der Waals surface area (Å²) in [5.74, 6) is -2.18. The molecule has 2 aromatic carbocycles. The Hall–Kier alpha value is -4.00. The molecule has 1 amide bonds. The topological polar surface area (TPSA) is 79.7 Å². The van der Waals surface area contributed by atoms with E-state index in [9.17, 15) is 19.1 Å². The molecule has 0 saturated carbocycles. The normalized spacial score (nSPS) is 17.7. The highest BCUT2D eigenvalue weighted by molar-refractivity contribution is 6.46. The number of nitrogens with zero attached hydrogens (tertiary/aromatic N) is 2. The van der Waals surface area contributed by atoms with E-state index < -0.39 is 23.5 Å². The average Bonchev–Trinajstić information content (AvgIpc) is 3.04. The summed E-state index contributed by atoms with van der Waals surface area (Å²) in [4.78, 5) is 31.2. The van der Waals surface area contributed by atoms with Crippen molar-refractivity contribution in [3.8, 4) is 5.75 Å². The Bertz CT molecular complexity index is 1180. The van der Waals surface area contributed by atoms with Crippen molar-refractivity contribution < 1.29 is 23.8 Å². The molecule has 1 atom stereocenters. The number of aromatic nitrogens is 1. The number of pyridine rings is 1. The fourth-order valence-electron chi connectivity index (χ4n) is 3.67. The van der Waals surface area contributed by atoms with Gasteiger partial charge in [-0.25, -0.2) is 4.39 Å². The van der Waals surface area contributed by atoms with Crippen molar-refractivity contribution in [3.05, 3.63) is 101 Å². The van der Waals surface area contributed by atoms with Crippen LogP contribution in [0.3, 0.4) is 0 Å². The van der Waals surface area contributed by atoms with Crippen LogP contribution in [0.25, 0.3) is 5.76 Å². The number of Topliss-reactive ketones (excluding diaryl/α,β-unsaturated/α-hetero) is 1. The Labute approximate surface area is 178 Å². The van der Waals surface area contributed by atoms with Crippen molar-refractivity contribution in [2.24, 2.45) is 0 Å². The highest BCUT2D eigenvalue weighted by Gasteiger charge is 2.46. The Morgan fingerprint density at radius 3 is 2.55 bits per heavy atom. The summed E-state index contributed by atoms with van der Waals surface area (Å²) in [7, 11) is 1.48. The first-order valence-corrected chi connectivity index (χ1v) is 9.57. The SMILES string of the molecule is COc1cccc(C(O)=C2C(=O)C(=O)N(Cc3ccncc3)C2c2ccccc2F)c1. The molecule has 1 unspecified atom stereocenters. The molecule has 156 valence electrons. The Kier molecular flexibility index (Phi) is 5.49. The third-order valence-electron chi connectivity index (χ3n) is 5.19. The number of hydrogen-bond acceptors (Lipinski definition) is 5. The van der Waals surface area contributed by atoms with Crippen molar-refractivity contribution in [1.82, 2.24) is 9.88 Å². The Morgan fingerprint density at radius 1 is 1.10 bits per heavy atom. The number of ketones is 1. The number of carbonyl (C=O) groups is 2. The van der Waals surface area contributed by atoms with Gasteiger partial charge in [-0.1, -0.05) is 30.3 Å². The minimum absolute atomic E-state index is 0.0565. The highest BCUT2D eigenvalue weighted by atomic mass is 19.1. The zero-order valence-electron chi connectivity index (χ0n) is 16.7. The van der Waals surface area contributed by atoms with Crippen LogP contribution in [0.2, 0.25) is 0 Å². The van der Waals surface area contributed by atoms with E-state index in [2.05, 4.69) is 4.98 Å². The van der Waals surface area contributed by atoms with Crippen LogP contribution in [0.1, 0.15) is 22.7 Å². The number of carbonyl (C=O) groups excluding carboxylic acids is 2. The van der Waals surface area contributed by atoms with Crippen molar-refractivity contribution in [2.45, 2.75) is 12.6 Å². The number of methoxy groups -OCH3 is 1. The lowest BCUT2D eigenvalue weighted by Crippen LogP contribution is -2.29. The molecule has 1 fully saturated rings. The van der Waals surface area contributed by atoms with Crippen LogP contribution in [0.15, 0.2) is 78.6 Å². The minimum Gasteiger partial charge on any atom is -0.507 e. The number of amides is 1. The summed E-state index contributed by atoms with van der Waals surface area (Å²) in [5.41, 5.74) is 0.972. The molecule has 0 bridgehead atoms. The van der Waals surface area contributed by atoms with Gasteiger partial charge in [0.15, 0.2) is 0 Å². The van der Waals surface area contributed by atoms with E-state index in [1.165, 1.54) is 30.2 Å². The van der Waals surface area contributed by atoms with Gasteiger partial charge >= 0.3 is 0 Å². The van der Waals surface area contributed by atoms with Gasteiger partial charge in [-0.2, -0.15) is 0 Å². The maximum Gasteiger partial charge on any atom is 0.295 e. The molecule has 1 saturated heterocycles. The van der Waals surface area contributed by atoms with Crippen LogP contribution in [0.4, 0.5) is 4.39 Å². The van der Waals surface area contributed by atoms with E-state index in [0.717, 1.165) is 5.56 Å². The number of aliphatic hydroxyl groups is 1. The van der Waals surface area contributed by atoms with Gasteiger partial charge in [0.2, 0.25) is 0 Å². The third-order valence-corrected chi connectivity index (χ3v) is 5.19. The van der Waals surface area contributed by atoms with Crippen LogP contribution in [0.5, 0.6) is 5.75 Å². The average molecular weight is 418 g/mol. The molecule has 1 aromatic heterocycles. The summed E-state index contributed by atoms with van der Waals surface area (Å²) >= 11 is 0. The summed E-state index contributed by atoms with van der Waals surface area (Å²) in [6.45, 7) is 0.0565. The highest BCUT2D eigenvalue weighted by Crippen LogP contribution is 2.41. The Balaban J connectivity index is 1.89. The van der Waals surface area contributed by atoms with Crippen molar-refractivity contribution in [3.63, 3.8) is 0 Å². The van der Waals surface area contributed by atoms with Gasteiger partial charge in [0.05, 0.1) is 18.7 Å². The summed E-state index contributed by atoms with van der Waals surface area (Å²) in [6, 6.07) is 14.7. The third kappa shape index (κ3) is 3.77. The van der Waals surface area contributed by atoms with E-state index in [4.69, 9.17) is 4.74 Å². The number of aliphatic hydroxyl groups excluding tert-OH is 1. The first kappa shape index (κ1) is 20.3. The summed E-state index contributed by atoms with van der Waals surface area (Å²) < 4.78 is 20.0. The first-order valence-electron chi connectivity index (χ1n) is 9.57. The molecule has 0 radical (unpaired) electrons. The summed E-state index contributed by atoms with van der Waals surface area (Å²) in [5, 5.41) is 11.0. The maximum absolute atomic E-state index is 14.8. The van der Waals surface area contributed by atoms with E-state index in [1.54, 1.807) is 54.9 Å². The fraction of sp³-hybridized carbons (Fsp3) is 0.125. The molecule has 1 aliphatic rings. The molecule has 7 heteroatoms. The molecule has 4 rings (SSSR count). The minimum atomic E-state index is -1.08. The monoisotopic (exact) mass is 418 g/mol. The standard InChI is InChI=1S/C24H19FN2O4/c1-31-17-6-4-5-16(13-17)22(28)20-21(18-7-2-3-8-19(18)25)27(24(30)23(20)29)14-15-9-11-26-12-10-15/h2-13,21,28H,14H2,1H3. The zero-order valence-corrected chi connectivity index (χ0v) is 16.7. The smallest absolute Gasteiger partial charge is 0.295 e. The van der Waals surface area contributed by atoms with E-state index in [-0.39, 0.29) is 23.4 Å². The molecule has 0 spiro atoms.